The lowest BCUT2D eigenvalue weighted by Crippen LogP contribution is -2.56. The van der Waals surface area contributed by atoms with E-state index in [-0.39, 0.29) is 17.9 Å². The molecule has 1 aliphatic heterocycles. The van der Waals surface area contributed by atoms with Crippen LogP contribution in [-0.4, -0.2) is 35.6 Å². The molecule has 4 saturated carbocycles. The number of hydrogen-bond acceptors (Lipinski definition) is 3. The van der Waals surface area contributed by atoms with Gasteiger partial charge in [0.15, 0.2) is 0 Å². The molecule has 1 atom stereocenters. The third-order valence-electron chi connectivity index (χ3n) is 6.82. The standard InChI is InChI=1S/C18H27N3O2/c1-11(19-17(23)15-3-4-16(22)21(2)20-15)18-8-12-5-13(9-18)7-14(6-12)10-18/h11-14H,3-10H2,1-2H3,(H,19,23)/t11-,12?,13?,14?,18?/m0/s1. The van der Waals surface area contributed by atoms with E-state index in [1.807, 2.05) is 0 Å². The number of hydrogen-bond donors (Lipinski definition) is 1. The smallest absolute Gasteiger partial charge is 0.267 e. The van der Waals surface area contributed by atoms with Crippen LogP contribution in [0, 0.1) is 23.2 Å². The van der Waals surface area contributed by atoms with Crippen molar-refractivity contribution in [2.45, 2.75) is 64.3 Å². The van der Waals surface area contributed by atoms with Crippen LogP contribution >= 0.6 is 0 Å². The number of nitrogens with zero attached hydrogens (tertiary/aromatic N) is 2. The Morgan fingerprint density at radius 2 is 1.74 bits per heavy atom. The van der Waals surface area contributed by atoms with E-state index >= 15 is 0 Å². The fourth-order valence-corrected chi connectivity index (χ4v) is 5.97. The van der Waals surface area contributed by atoms with Crippen LogP contribution in [0.4, 0.5) is 0 Å². The third kappa shape index (κ3) is 2.58. The quantitative estimate of drug-likeness (QED) is 0.868. The molecule has 0 radical (unpaired) electrons. The van der Waals surface area contributed by atoms with Crippen molar-refractivity contribution < 1.29 is 9.59 Å². The van der Waals surface area contributed by atoms with Gasteiger partial charge in [0.05, 0.1) is 0 Å². The van der Waals surface area contributed by atoms with Crippen molar-refractivity contribution in [2.24, 2.45) is 28.3 Å². The summed E-state index contributed by atoms with van der Waals surface area (Å²) in [5, 5.41) is 8.68. The molecule has 4 aliphatic carbocycles. The molecular formula is C18H27N3O2. The lowest BCUT2D eigenvalue weighted by Gasteiger charge is -2.59. The summed E-state index contributed by atoms with van der Waals surface area (Å²) >= 11 is 0. The molecule has 0 aromatic carbocycles. The van der Waals surface area contributed by atoms with E-state index < -0.39 is 0 Å². The van der Waals surface area contributed by atoms with Crippen molar-refractivity contribution in [2.75, 3.05) is 7.05 Å². The van der Waals surface area contributed by atoms with E-state index in [9.17, 15) is 9.59 Å². The van der Waals surface area contributed by atoms with Gasteiger partial charge in [-0.1, -0.05) is 0 Å². The Kier molecular flexibility index (Phi) is 3.50. The summed E-state index contributed by atoms with van der Waals surface area (Å²) in [6.45, 7) is 2.18. The molecule has 0 aromatic heterocycles. The monoisotopic (exact) mass is 317 g/mol. The first-order chi connectivity index (χ1) is 10.9. The predicted molar refractivity (Wildman–Crippen MR) is 87.6 cm³/mol. The molecule has 2 amide bonds. The van der Waals surface area contributed by atoms with E-state index in [0.29, 0.717) is 24.0 Å². The van der Waals surface area contributed by atoms with E-state index in [2.05, 4.69) is 17.3 Å². The molecule has 5 heteroatoms. The highest BCUT2D eigenvalue weighted by atomic mass is 16.2. The molecule has 0 spiro atoms. The Morgan fingerprint density at radius 3 is 2.26 bits per heavy atom. The highest BCUT2D eigenvalue weighted by molar-refractivity contribution is 6.39. The number of hydrazone groups is 1. The van der Waals surface area contributed by atoms with Gasteiger partial charge < -0.3 is 5.32 Å². The number of amides is 2. The molecule has 5 aliphatic rings. The van der Waals surface area contributed by atoms with Gasteiger partial charge in [-0.3, -0.25) is 9.59 Å². The largest absolute Gasteiger partial charge is 0.348 e. The Balaban J connectivity index is 1.46. The number of nitrogens with one attached hydrogen (secondary N) is 1. The van der Waals surface area contributed by atoms with E-state index in [1.54, 1.807) is 7.05 Å². The van der Waals surface area contributed by atoms with Crippen LogP contribution in [0.2, 0.25) is 0 Å². The minimum atomic E-state index is -0.0763. The first kappa shape index (κ1) is 15.2. The maximum Gasteiger partial charge on any atom is 0.267 e. The van der Waals surface area contributed by atoms with Gasteiger partial charge in [0.2, 0.25) is 5.91 Å². The summed E-state index contributed by atoms with van der Waals surface area (Å²) in [5.41, 5.74) is 0.810. The summed E-state index contributed by atoms with van der Waals surface area (Å²) in [5.74, 6) is 2.56. The summed E-state index contributed by atoms with van der Waals surface area (Å²) in [6, 6.07) is 0.203. The normalized spacial score (nSPS) is 40.1. The van der Waals surface area contributed by atoms with E-state index in [0.717, 1.165) is 17.8 Å². The maximum atomic E-state index is 12.6. The second kappa shape index (κ2) is 5.32. The second-order valence-corrected chi connectivity index (χ2v) is 8.44. The van der Waals surface area contributed by atoms with Gasteiger partial charge in [-0.05, 0) is 68.6 Å². The maximum absolute atomic E-state index is 12.6. The fraction of sp³-hybridized carbons (Fsp3) is 0.833. The summed E-state index contributed by atoms with van der Waals surface area (Å²) < 4.78 is 0. The SMILES string of the molecule is C[C@H](NC(=O)C1=NN(C)C(=O)CC1)C12CC3CC(CC(C3)C1)C2. The first-order valence-electron chi connectivity index (χ1n) is 9.10. The van der Waals surface area contributed by atoms with Crippen molar-refractivity contribution in [1.29, 1.82) is 0 Å². The third-order valence-corrected chi connectivity index (χ3v) is 6.82. The van der Waals surface area contributed by atoms with Crippen LogP contribution in [-0.2, 0) is 9.59 Å². The van der Waals surface area contributed by atoms with Gasteiger partial charge in [-0.25, -0.2) is 5.01 Å². The Bertz CT molecular complexity index is 533. The molecule has 1 N–H and O–H groups in total. The Morgan fingerprint density at radius 1 is 1.17 bits per heavy atom. The molecule has 23 heavy (non-hydrogen) atoms. The van der Waals surface area contributed by atoms with Crippen LogP contribution < -0.4 is 5.32 Å². The minimum absolute atomic E-state index is 0.0179. The number of rotatable bonds is 3. The average molecular weight is 317 g/mol. The number of carbonyl (C=O) groups is 2. The molecule has 4 fully saturated rings. The summed E-state index contributed by atoms with van der Waals surface area (Å²) in [6.07, 6.45) is 8.94. The van der Waals surface area contributed by atoms with Gasteiger partial charge in [0.1, 0.15) is 5.71 Å². The molecule has 126 valence electrons. The zero-order chi connectivity index (χ0) is 16.2. The Hall–Kier alpha value is -1.39. The molecule has 0 saturated heterocycles. The lowest BCUT2D eigenvalue weighted by molar-refractivity contribution is -0.130. The Labute approximate surface area is 137 Å². The van der Waals surface area contributed by atoms with Crippen molar-refractivity contribution in [3.05, 3.63) is 0 Å². The highest BCUT2D eigenvalue weighted by Crippen LogP contribution is 2.61. The van der Waals surface area contributed by atoms with Crippen molar-refractivity contribution in [3.63, 3.8) is 0 Å². The van der Waals surface area contributed by atoms with Crippen LogP contribution in [0.25, 0.3) is 0 Å². The molecular weight excluding hydrogens is 290 g/mol. The number of carbonyl (C=O) groups excluding carboxylic acids is 2. The molecule has 4 bridgehead atoms. The van der Waals surface area contributed by atoms with Gasteiger partial charge in [0, 0.05) is 25.9 Å². The first-order valence-corrected chi connectivity index (χ1v) is 9.10. The van der Waals surface area contributed by atoms with E-state index in [1.165, 1.54) is 43.5 Å². The fourth-order valence-electron chi connectivity index (χ4n) is 5.97. The minimum Gasteiger partial charge on any atom is -0.348 e. The molecule has 0 aromatic rings. The van der Waals surface area contributed by atoms with Crippen LogP contribution in [0.15, 0.2) is 5.10 Å². The van der Waals surface area contributed by atoms with Gasteiger partial charge in [-0.15, -0.1) is 0 Å². The van der Waals surface area contributed by atoms with Gasteiger partial charge in [-0.2, -0.15) is 5.10 Å². The van der Waals surface area contributed by atoms with Crippen LogP contribution in [0.5, 0.6) is 0 Å². The zero-order valence-corrected chi connectivity index (χ0v) is 14.2. The summed E-state index contributed by atoms with van der Waals surface area (Å²) in [4.78, 5) is 24.1. The predicted octanol–water partition coefficient (Wildman–Crippen LogP) is 2.32. The molecule has 1 heterocycles. The second-order valence-electron chi connectivity index (χ2n) is 8.44. The van der Waals surface area contributed by atoms with E-state index in [4.69, 9.17) is 0 Å². The summed E-state index contributed by atoms with van der Waals surface area (Å²) in [7, 11) is 1.62. The molecule has 0 unspecified atom stereocenters. The lowest BCUT2D eigenvalue weighted by atomic mass is 9.48. The van der Waals surface area contributed by atoms with Crippen molar-refractivity contribution in [3.8, 4) is 0 Å². The van der Waals surface area contributed by atoms with Crippen molar-refractivity contribution >= 4 is 17.5 Å². The van der Waals surface area contributed by atoms with Crippen LogP contribution in [0.1, 0.15) is 58.3 Å². The molecule has 5 rings (SSSR count). The van der Waals surface area contributed by atoms with Crippen molar-refractivity contribution in [1.82, 2.24) is 10.3 Å². The zero-order valence-electron chi connectivity index (χ0n) is 14.2. The van der Waals surface area contributed by atoms with Gasteiger partial charge >= 0.3 is 0 Å². The molecule has 5 nitrogen and oxygen atoms in total. The van der Waals surface area contributed by atoms with Gasteiger partial charge in [0.25, 0.3) is 5.91 Å². The average Bonchev–Trinajstić information content (AvgIpc) is 2.48. The topological polar surface area (TPSA) is 61.8 Å². The highest BCUT2D eigenvalue weighted by Gasteiger charge is 2.53. The van der Waals surface area contributed by atoms with Crippen LogP contribution in [0.3, 0.4) is 0 Å².